The van der Waals surface area contributed by atoms with Gasteiger partial charge in [0.05, 0.1) is 12.3 Å². The second kappa shape index (κ2) is 5.00. The summed E-state index contributed by atoms with van der Waals surface area (Å²) in [7, 11) is 0. The van der Waals surface area contributed by atoms with Crippen LogP contribution in [-0.2, 0) is 4.74 Å². The highest BCUT2D eigenvalue weighted by molar-refractivity contribution is 6.18. The largest absolute Gasteiger partial charge is 0.465 e. The summed E-state index contributed by atoms with van der Waals surface area (Å²) >= 11 is 5.91. The summed E-state index contributed by atoms with van der Waals surface area (Å²) < 4.78 is 10.7. The predicted octanol–water partition coefficient (Wildman–Crippen LogP) is 2.94. The highest BCUT2D eigenvalue weighted by Crippen LogP contribution is 2.37. The lowest BCUT2D eigenvalue weighted by Gasteiger charge is -2.38. The number of halogens is 1. The Morgan fingerprint density at radius 3 is 2.82 bits per heavy atom. The lowest BCUT2D eigenvalue weighted by molar-refractivity contribution is -0.0108. The molecule has 1 aliphatic rings. The molecule has 0 aliphatic carbocycles. The Morgan fingerprint density at radius 1 is 1.53 bits per heavy atom. The molecule has 0 spiro atoms. The number of alkyl halides is 1. The summed E-state index contributed by atoms with van der Waals surface area (Å²) in [5.41, 5.74) is 0. The molecule has 5 heteroatoms. The molecule has 2 rings (SSSR count). The minimum absolute atomic E-state index is 0.0898. The van der Waals surface area contributed by atoms with Gasteiger partial charge in [0.1, 0.15) is 5.76 Å². The lowest BCUT2D eigenvalue weighted by atomic mass is 9.82. The topological polar surface area (TPSA) is 51.5 Å². The molecule has 0 bridgehead atoms. The number of ether oxygens (including phenoxy) is 1. The van der Waals surface area contributed by atoms with Crippen LogP contribution in [0.4, 0.5) is 4.79 Å². The molecule has 1 saturated heterocycles. The van der Waals surface area contributed by atoms with Crippen molar-refractivity contribution in [3.63, 3.8) is 0 Å². The molecule has 4 nitrogen and oxygen atoms in total. The number of hydrogen-bond donors (Lipinski definition) is 1. The number of alkyl carbamates (subject to hydrolysis) is 1. The van der Waals surface area contributed by atoms with E-state index in [1.54, 1.807) is 12.3 Å². The molecule has 0 radical (unpaired) electrons. The molecule has 3 atom stereocenters. The Labute approximate surface area is 105 Å². The van der Waals surface area contributed by atoms with Crippen LogP contribution in [0.1, 0.15) is 25.7 Å². The Bertz CT molecular complexity index is 377. The second-order valence-corrected chi connectivity index (χ2v) is 4.88. The molecular formula is C12H16ClNO3. The van der Waals surface area contributed by atoms with Crippen molar-refractivity contribution in [2.45, 2.75) is 26.0 Å². The van der Waals surface area contributed by atoms with Gasteiger partial charge in [0.15, 0.2) is 6.10 Å². The smallest absolute Gasteiger partial charge is 0.408 e. The van der Waals surface area contributed by atoms with Gasteiger partial charge in [-0.15, -0.1) is 11.6 Å². The molecule has 1 aliphatic heterocycles. The Hall–Kier alpha value is -1.16. The van der Waals surface area contributed by atoms with Crippen molar-refractivity contribution in [3.8, 4) is 0 Å². The van der Waals surface area contributed by atoms with Crippen LogP contribution in [0, 0.1) is 11.8 Å². The number of carbonyl (C=O) groups is 1. The van der Waals surface area contributed by atoms with E-state index in [1.807, 2.05) is 6.07 Å². The molecular weight excluding hydrogens is 242 g/mol. The van der Waals surface area contributed by atoms with E-state index in [9.17, 15) is 4.79 Å². The van der Waals surface area contributed by atoms with Gasteiger partial charge in [-0.2, -0.15) is 0 Å². The molecule has 0 saturated carbocycles. The quantitative estimate of drug-likeness (QED) is 0.847. The summed E-state index contributed by atoms with van der Waals surface area (Å²) in [6.07, 6.45) is 0.787. The zero-order valence-electron chi connectivity index (χ0n) is 9.85. The molecule has 94 valence electrons. The highest BCUT2D eigenvalue weighted by Gasteiger charge is 2.41. The van der Waals surface area contributed by atoms with Gasteiger partial charge in [-0.25, -0.2) is 4.79 Å². The average Bonchev–Trinajstić information content (AvgIpc) is 2.80. The first-order valence-electron chi connectivity index (χ1n) is 5.70. The predicted molar refractivity (Wildman–Crippen MR) is 63.9 cm³/mol. The van der Waals surface area contributed by atoms with Crippen LogP contribution >= 0.6 is 11.6 Å². The molecule has 0 aromatic carbocycles. The van der Waals surface area contributed by atoms with E-state index in [-0.39, 0.29) is 18.1 Å². The van der Waals surface area contributed by atoms with E-state index in [1.165, 1.54) is 0 Å². The van der Waals surface area contributed by atoms with Gasteiger partial charge in [0.2, 0.25) is 0 Å². The van der Waals surface area contributed by atoms with E-state index < -0.39 is 6.09 Å². The van der Waals surface area contributed by atoms with Gasteiger partial charge in [-0.3, -0.25) is 0 Å². The monoisotopic (exact) mass is 257 g/mol. The lowest BCUT2D eigenvalue weighted by Crippen LogP contribution is -2.52. The van der Waals surface area contributed by atoms with Crippen LogP contribution in [0.2, 0.25) is 0 Å². The van der Waals surface area contributed by atoms with E-state index in [0.29, 0.717) is 17.6 Å². The summed E-state index contributed by atoms with van der Waals surface area (Å²) in [5.74, 6) is 1.48. The van der Waals surface area contributed by atoms with Gasteiger partial charge in [0, 0.05) is 11.8 Å². The first-order chi connectivity index (χ1) is 8.13. The minimum Gasteiger partial charge on any atom is -0.465 e. The fourth-order valence-electron chi connectivity index (χ4n) is 2.34. The molecule has 1 fully saturated rings. The second-order valence-electron chi connectivity index (χ2n) is 4.57. The molecule has 17 heavy (non-hydrogen) atoms. The molecule has 0 unspecified atom stereocenters. The fraction of sp³-hybridized carbons (Fsp3) is 0.583. The average molecular weight is 258 g/mol. The van der Waals surface area contributed by atoms with Crippen molar-refractivity contribution in [2.24, 2.45) is 11.8 Å². The maximum Gasteiger partial charge on any atom is 0.408 e. The first kappa shape index (κ1) is 12.3. The maximum absolute atomic E-state index is 11.5. The Kier molecular flexibility index (Phi) is 3.62. The number of hydrogen-bond acceptors (Lipinski definition) is 3. The van der Waals surface area contributed by atoms with E-state index in [4.69, 9.17) is 20.8 Å². The van der Waals surface area contributed by atoms with Crippen LogP contribution in [0.15, 0.2) is 22.8 Å². The fourth-order valence-corrected chi connectivity index (χ4v) is 2.63. The number of furan rings is 1. The van der Waals surface area contributed by atoms with Crippen LogP contribution in [0.3, 0.4) is 0 Å². The summed E-state index contributed by atoms with van der Waals surface area (Å²) in [6, 6.07) is 3.52. The Balaban J connectivity index is 2.29. The van der Waals surface area contributed by atoms with E-state index >= 15 is 0 Å². The maximum atomic E-state index is 11.5. The number of nitrogens with one attached hydrogen (secondary N) is 1. The summed E-state index contributed by atoms with van der Waals surface area (Å²) in [5, 5.41) is 2.75. The molecule has 1 N–H and O–H groups in total. The normalized spacial score (nSPS) is 28.9. The third kappa shape index (κ3) is 2.41. The first-order valence-corrected chi connectivity index (χ1v) is 6.23. The highest BCUT2D eigenvalue weighted by atomic mass is 35.5. The van der Waals surface area contributed by atoms with E-state index in [0.717, 1.165) is 0 Å². The van der Waals surface area contributed by atoms with Crippen LogP contribution in [-0.4, -0.2) is 18.0 Å². The van der Waals surface area contributed by atoms with E-state index in [2.05, 4.69) is 19.2 Å². The number of amides is 1. The zero-order valence-corrected chi connectivity index (χ0v) is 10.6. The summed E-state index contributed by atoms with van der Waals surface area (Å²) in [4.78, 5) is 11.5. The third-order valence-electron chi connectivity index (χ3n) is 3.11. The molecule has 2 heterocycles. The van der Waals surface area contributed by atoms with Crippen molar-refractivity contribution in [1.29, 1.82) is 0 Å². The molecule has 1 aromatic rings. The van der Waals surface area contributed by atoms with Crippen LogP contribution in [0.25, 0.3) is 0 Å². The van der Waals surface area contributed by atoms with Crippen molar-refractivity contribution >= 4 is 17.7 Å². The van der Waals surface area contributed by atoms with Gasteiger partial charge in [0.25, 0.3) is 0 Å². The molecule has 1 aromatic heterocycles. The van der Waals surface area contributed by atoms with Crippen molar-refractivity contribution in [3.05, 3.63) is 24.2 Å². The van der Waals surface area contributed by atoms with Crippen molar-refractivity contribution in [2.75, 3.05) is 5.88 Å². The minimum atomic E-state index is -0.436. The van der Waals surface area contributed by atoms with Crippen molar-refractivity contribution < 1.29 is 13.9 Å². The van der Waals surface area contributed by atoms with Gasteiger partial charge < -0.3 is 14.5 Å². The SMILES string of the molecule is CC(C)[C@@H]1[C@@H](CCl)NC(=O)O[C@H]1c1ccco1. The van der Waals surface area contributed by atoms with Crippen LogP contribution in [0.5, 0.6) is 0 Å². The van der Waals surface area contributed by atoms with Gasteiger partial charge in [-0.05, 0) is 18.1 Å². The van der Waals surface area contributed by atoms with Gasteiger partial charge in [-0.1, -0.05) is 13.8 Å². The molecule has 1 amide bonds. The zero-order chi connectivity index (χ0) is 12.4. The van der Waals surface area contributed by atoms with Gasteiger partial charge >= 0.3 is 6.09 Å². The number of carbonyl (C=O) groups excluding carboxylic acids is 1. The third-order valence-corrected chi connectivity index (χ3v) is 3.44. The van der Waals surface area contributed by atoms with Crippen molar-refractivity contribution in [1.82, 2.24) is 5.32 Å². The number of cyclic esters (lactones) is 1. The summed E-state index contributed by atoms with van der Waals surface area (Å²) in [6.45, 7) is 4.17. The number of rotatable bonds is 3. The van der Waals surface area contributed by atoms with Crippen LogP contribution < -0.4 is 5.32 Å². The Morgan fingerprint density at radius 2 is 2.29 bits per heavy atom. The standard InChI is InChI=1S/C12H16ClNO3/c1-7(2)10-8(6-13)14-12(15)17-11(10)9-4-3-5-16-9/h3-5,7-8,10-11H,6H2,1-2H3,(H,14,15)/t8-,10-,11+/m1/s1.